The third-order valence-electron chi connectivity index (χ3n) is 4.51. The number of hydrogen-bond donors (Lipinski definition) is 2. The Bertz CT molecular complexity index is 443. The number of aryl methyl sites for hydroxylation is 2. The first kappa shape index (κ1) is 16.4. The molecule has 0 amide bonds. The molecule has 6 heteroatoms. The van der Waals surface area contributed by atoms with E-state index in [9.17, 15) is 0 Å². The molecule has 0 radical (unpaired) electrons. The molecule has 120 valence electrons. The minimum Gasteiger partial charge on any atom is -0.305 e. The van der Waals surface area contributed by atoms with Gasteiger partial charge in [-0.2, -0.15) is 5.10 Å². The highest BCUT2D eigenvalue weighted by Gasteiger charge is 2.28. The van der Waals surface area contributed by atoms with Crippen molar-refractivity contribution in [1.82, 2.24) is 25.0 Å². The van der Waals surface area contributed by atoms with Crippen LogP contribution >= 0.6 is 0 Å². The first-order valence-corrected chi connectivity index (χ1v) is 7.93. The minimum atomic E-state index is 0.233. The van der Waals surface area contributed by atoms with Gasteiger partial charge >= 0.3 is 0 Å². The number of aromatic nitrogens is 2. The lowest BCUT2D eigenvalue weighted by Gasteiger charge is -2.34. The first-order valence-electron chi connectivity index (χ1n) is 7.93. The van der Waals surface area contributed by atoms with Crippen LogP contribution in [0.3, 0.4) is 0 Å². The summed E-state index contributed by atoms with van der Waals surface area (Å²) in [6.45, 7) is 8.41. The number of hydrazine groups is 1. The molecule has 0 aromatic carbocycles. The fourth-order valence-corrected chi connectivity index (χ4v) is 3.31. The molecule has 2 atom stereocenters. The summed E-state index contributed by atoms with van der Waals surface area (Å²) in [6, 6.07) is 2.83. The molecule has 1 aromatic heterocycles. The van der Waals surface area contributed by atoms with Gasteiger partial charge in [0, 0.05) is 37.3 Å². The second-order valence-corrected chi connectivity index (χ2v) is 6.23. The van der Waals surface area contributed by atoms with Crippen LogP contribution in [0.2, 0.25) is 0 Å². The monoisotopic (exact) mass is 294 g/mol. The van der Waals surface area contributed by atoms with Gasteiger partial charge in [0.05, 0.1) is 5.69 Å². The van der Waals surface area contributed by atoms with Crippen molar-refractivity contribution in [3.05, 3.63) is 17.5 Å². The van der Waals surface area contributed by atoms with Gasteiger partial charge in [-0.25, -0.2) is 0 Å². The summed E-state index contributed by atoms with van der Waals surface area (Å²) < 4.78 is 2.08. The highest BCUT2D eigenvalue weighted by Crippen LogP contribution is 2.15. The predicted molar refractivity (Wildman–Crippen MR) is 86.0 cm³/mol. The van der Waals surface area contributed by atoms with Gasteiger partial charge in [-0.15, -0.1) is 0 Å². The maximum absolute atomic E-state index is 5.88. The summed E-state index contributed by atoms with van der Waals surface area (Å²) in [5, 5.41) is 4.54. The third-order valence-corrected chi connectivity index (χ3v) is 4.51. The van der Waals surface area contributed by atoms with Gasteiger partial charge in [0.25, 0.3) is 0 Å². The Labute approximate surface area is 128 Å². The zero-order valence-corrected chi connectivity index (χ0v) is 13.8. The van der Waals surface area contributed by atoms with E-state index >= 15 is 0 Å². The van der Waals surface area contributed by atoms with E-state index in [0.29, 0.717) is 6.04 Å². The number of hydrogen-bond acceptors (Lipinski definition) is 5. The van der Waals surface area contributed by atoms with Crippen molar-refractivity contribution in [3.8, 4) is 0 Å². The molecule has 2 heterocycles. The van der Waals surface area contributed by atoms with Crippen LogP contribution in [0.25, 0.3) is 0 Å². The Hall–Kier alpha value is -0.950. The van der Waals surface area contributed by atoms with Crippen molar-refractivity contribution >= 4 is 0 Å². The third kappa shape index (κ3) is 4.03. The molecule has 1 fully saturated rings. The van der Waals surface area contributed by atoms with Crippen LogP contribution in [0.5, 0.6) is 0 Å². The van der Waals surface area contributed by atoms with Gasteiger partial charge in [-0.3, -0.25) is 16.0 Å². The highest BCUT2D eigenvalue weighted by atomic mass is 15.3. The Morgan fingerprint density at radius 1 is 1.43 bits per heavy atom. The molecule has 21 heavy (non-hydrogen) atoms. The summed E-state index contributed by atoms with van der Waals surface area (Å²) in [5.74, 6) is 5.88. The molecule has 6 nitrogen and oxygen atoms in total. The number of rotatable bonds is 5. The molecule has 3 N–H and O–H groups in total. The van der Waals surface area contributed by atoms with E-state index in [1.165, 1.54) is 12.1 Å². The van der Waals surface area contributed by atoms with Crippen LogP contribution in [0.15, 0.2) is 6.07 Å². The van der Waals surface area contributed by atoms with Crippen LogP contribution < -0.4 is 11.3 Å². The summed E-state index contributed by atoms with van der Waals surface area (Å²) >= 11 is 0. The van der Waals surface area contributed by atoms with E-state index in [0.717, 1.165) is 38.3 Å². The lowest BCUT2D eigenvalue weighted by Crippen LogP contribution is -2.55. The van der Waals surface area contributed by atoms with Crippen molar-refractivity contribution in [2.45, 2.75) is 45.3 Å². The average molecular weight is 294 g/mol. The highest BCUT2D eigenvalue weighted by molar-refractivity contribution is 5.11. The number of nitrogens with one attached hydrogen (secondary N) is 1. The van der Waals surface area contributed by atoms with E-state index < -0.39 is 0 Å². The van der Waals surface area contributed by atoms with Gasteiger partial charge in [0.1, 0.15) is 0 Å². The van der Waals surface area contributed by atoms with Gasteiger partial charge in [-0.05, 0) is 53.5 Å². The molecular weight excluding hydrogens is 264 g/mol. The van der Waals surface area contributed by atoms with Crippen molar-refractivity contribution in [2.24, 2.45) is 5.84 Å². The maximum atomic E-state index is 5.88. The number of nitrogens with two attached hydrogens (primary N) is 1. The Morgan fingerprint density at radius 3 is 2.86 bits per heavy atom. The molecule has 0 saturated carbocycles. The molecule has 0 spiro atoms. The summed E-state index contributed by atoms with van der Waals surface area (Å²) in [4.78, 5) is 4.84. The minimum absolute atomic E-state index is 0.233. The summed E-state index contributed by atoms with van der Waals surface area (Å²) in [6.07, 6.45) is 2.13. The predicted octanol–water partition coefficient (Wildman–Crippen LogP) is 0.222. The average Bonchev–Trinajstić information content (AvgIpc) is 2.72. The smallest absolute Gasteiger partial charge is 0.0596 e. The van der Waals surface area contributed by atoms with E-state index in [1.807, 2.05) is 6.92 Å². The second-order valence-electron chi connectivity index (χ2n) is 6.23. The van der Waals surface area contributed by atoms with Crippen LogP contribution in [-0.2, 0) is 13.0 Å². The van der Waals surface area contributed by atoms with Gasteiger partial charge in [0.2, 0.25) is 0 Å². The van der Waals surface area contributed by atoms with Crippen molar-refractivity contribution in [2.75, 3.05) is 33.7 Å². The fraction of sp³-hybridized carbons (Fsp3) is 0.800. The lowest BCUT2D eigenvalue weighted by atomic mass is 10.0. The van der Waals surface area contributed by atoms with E-state index in [4.69, 9.17) is 5.84 Å². The lowest BCUT2D eigenvalue weighted by molar-refractivity contribution is 0.176. The van der Waals surface area contributed by atoms with E-state index in [2.05, 4.69) is 52.1 Å². The molecule has 1 aliphatic rings. The molecular formula is C15H30N6. The molecule has 0 bridgehead atoms. The van der Waals surface area contributed by atoms with Crippen LogP contribution in [0.1, 0.15) is 24.7 Å². The van der Waals surface area contributed by atoms with E-state index in [-0.39, 0.29) is 6.04 Å². The molecule has 1 aromatic rings. The SMILES string of the molecule is CCn1nc(C)cc1CC(NN)C1CN(C)CCCN1C. The van der Waals surface area contributed by atoms with Crippen LogP contribution in [0.4, 0.5) is 0 Å². The molecule has 2 rings (SSSR count). The summed E-state index contributed by atoms with van der Waals surface area (Å²) in [5.41, 5.74) is 5.39. The quantitative estimate of drug-likeness (QED) is 0.601. The summed E-state index contributed by atoms with van der Waals surface area (Å²) in [7, 11) is 4.40. The van der Waals surface area contributed by atoms with Crippen molar-refractivity contribution < 1.29 is 0 Å². The van der Waals surface area contributed by atoms with E-state index in [1.54, 1.807) is 0 Å². The Balaban J connectivity index is 2.13. The van der Waals surface area contributed by atoms with Crippen molar-refractivity contribution in [1.29, 1.82) is 0 Å². The van der Waals surface area contributed by atoms with Crippen molar-refractivity contribution in [3.63, 3.8) is 0 Å². The van der Waals surface area contributed by atoms with Gasteiger partial charge in [0.15, 0.2) is 0 Å². The van der Waals surface area contributed by atoms with Gasteiger partial charge in [-0.1, -0.05) is 0 Å². The van der Waals surface area contributed by atoms with Crippen LogP contribution in [-0.4, -0.2) is 65.4 Å². The normalized spacial score (nSPS) is 23.2. The Kier molecular flexibility index (Phi) is 5.75. The first-order chi connectivity index (χ1) is 10.0. The fourth-order valence-electron chi connectivity index (χ4n) is 3.31. The number of nitrogens with zero attached hydrogens (tertiary/aromatic N) is 4. The number of likely N-dealkylation sites (N-methyl/N-ethyl adjacent to an activating group) is 2. The maximum Gasteiger partial charge on any atom is 0.0596 e. The largest absolute Gasteiger partial charge is 0.305 e. The Morgan fingerprint density at radius 2 is 2.19 bits per heavy atom. The zero-order valence-electron chi connectivity index (χ0n) is 13.8. The zero-order chi connectivity index (χ0) is 15.4. The molecule has 1 aliphatic heterocycles. The van der Waals surface area contributed by atoms with Crippen LogP contribution in [0, 0.1) is 6.92 Å². The molecule has 0 aliphatic carbocycles. The topological polar surface area (TPSA) is 62.4 Å². The standard InChI is InChI=1S/C15H30N6/c1-5-21-13(9-12(2)18-21)10-14(17-16)15-11-19(3)7-6-8-20(15)4/h9,14-15,17H,5-8,10-11,16H2,1-4H3. The van der Waals surface area contributed by atoms with Gasteiger partial charge < -0.3 is 9.80 Å². The molecule has 2 unspecified atom stereocenters. The molecule has 1 saturated heterocycles. The second kappa shape index (κ2) is 7.35.